The van der Waals surface area contributed by atoms with Gasteiger partial charge in [0.15, 0.2) is 0 Å². The van der Waals surface area contributed by atoms with Crippen molar-refractivity contribution in [3.05, 3.63) is 57.0 Å². The van der Waals surface area contributed by atoms with E-state index in [1.807, 2.05) is 18.2 Å². The van der Waals surface area contributed by atoms with Crippen molar-refractivity contribution in [2.24, 2.45) is 0 Å². The summed E-state index contributed by atoms with van der Waals surface area (Å²) in [5, 5.41) is 12.0. The van der Waals surface area contributed by atoms with Crippen molar-refractivity contribution in [1.82, 2.24) is 0 Å². The summed E-state index contributed by atoms with van der Waals surface area (Å²) in [5.74, 6) is -0.926. The summed E-state index contributed by atoms with van der Waals surface area (Å²) in [4.78, 5) is 10.7. The molecule has 3 nitrogen and oxygen atoms in total. The lowest BCUT2D eigenvalue weighted by atomic mass is 10.2. The molecule has 0 fully saturated rings. The number of hydrogen-bond acceptors (Lipinski definition) is 2. The van der Waals surface area contributed by atoms with E-state index in [0.717, 1.165) is 20.3 Å². The molecular formula is C13H9Br2NO2. The third-order valence-corrected chi connectivity index (χ3v) is 3.52. The summed E-state index contributed by atoms with van der Waals surface area (Å²) in [5.41, 5.74) is 2.01. The van der Waals surface area contributed by atoms with Crippen molar-refractivity contribution in [2.75, 3.05) is 5.32 Å². The molecule has 0 aliphatic carbocycles. The third kappa shape index (κ3) is 3.11. The van der Waals surface area contributed by atoms with E-state index in [1.54, 1.807) is 24.3 Å². The topological polar surface area (TPSA) is 49.3 Å². The van der Waals surface area contributed by atoms with Crippen LogP contribution in [0.2, 0.25) is 0 Å². The standard InChI is InChI=1S/C13H9Br2NO2/c14-9-3-6-11(15)12(7-9)16-10-4-1-8(2-5-10)13(17)18/h1-7,16H,(H,17,18). The van der Waals surface area contributed by atoms with Crippen molar-refractivity contribution in [3.8, 4) is 0 Å². The molecule has 0 saturated heterocycles. The van der Waals surface area contributed by atoms with E-state index in [1.165, 1.54) is 0 Å². The molecule has 92 valence electrons. The van der Waals surface area contributed by atoms with Gasteiger partial charge in [-0.2, -0.15) is 0 Å². The van der Waals surface area contributed by atoms with Gasteiger partial charge in [0.1, 0.15) is 0 Å². The predicted octanol–water partition coefficient (Wildman–Crippen LogP) is 4.65. The molecule has 0 atom stereocenters. The second-order valence-corrected chi connectivity index (χ2v) is 5.40. The molecule has 18 heavy (non-hydrogen) atoms. The number of rotatable bonds is 3. The molecule has 0 amide bonds. The number of carbonyl (C=O) groups is 1. The average Bonchev–Trinajstić information content (AvgIpc) is 2.34. The van der Waals surface area contributed by atoms with Crippen LogP contribution in [0.1, 0.15) is 10.4 Å². The highest BCUT2D eigenvalue weighted by Gasteiger charge is 2.04. The Kier molecular flexibility index (Phi) is 4.04. The Balaban J connectivity index is 2.23. The summed E-state index contributed by atoms with van der Waals surface area (Å²) >= 11 is 6.85. The van der Waals surface area contributed by atoms with Gasteiger partial charge in [0.25, 0.3) is 0 Å². The first kappa shape index (κ1) is 13.1. The second kappa shape index (κ2) is 5.54. The molecule has 0 radical (unpaired) electrons. The molecule has 2 aromatic rings. The van der Waals surface area contributed by atoms with Crippen LogP contribution in [0.15, 0.2) is 51.4 Å². The lowest BCUT2D eigenvalue weighted by molar-refractivity contribution is 0.0697. The van der Waals surface area contributed by atoms with Crippen LogP contribution in [-0.4, -0.2) is 11.1 Å². The highest BCUT2D eigenvalue weighted by atomic mass is 79.9. The number of aromatic carboxylic acids is 1. The Morgan fingerprint density at radius 1 is 1.06 bits per heavy atom. The van der Waals surface area contributed by atoms with Gasteiger partial charge in [-0.25, -0.2) is 4.79 Å². The molecule has 0 heterocycles. The fourth-order valence-electron chi connectivity index (χ4n) is 1.44. The van der Waals surface area contributed by atoms with E-state index >= 15 is 0 Å². The Morgan fingerprint density at radius 2 is 1.72 bits per heavy atom. The van der Waals surface area contributed by atoms with E-state index in [-0.39, 0.29) is 5.56 Å². The van der Waals surface area contributed by atoms with Gasteiger partial charge in [0.05, 0.1) is 11.3 Å². The van der Waals surface area contributed by atoms with Crippen LogP contribution in [0.5, 0.6) is 0 Å². The molecule has 2 aromatic carbocycles. The summed E-state index contributed by atoms with van der Waals surface area (Å²) in [6, 6.07) is 12.4. The number of benzene rings is 2. The Hall–Kier alpha value is -1.33. The number of halogens is 2. The summed E-state index contributed by atoms with van der Waals surface area (Å²) in [7, 11) is 0. The number of nitrogens with one attached hydrogen (secondary N) is 1. The van der Waals surface area contributed by atoms with Crippen molar-refractivity contribution >= 4 is 49.2 Å². The lowest BCUT2D eigenvalue weighted by Crippen LogP contribution is -1.97. The third-order valence-electron chi connectivity index (χ3n) is 2.34. The van der Waals surface area contributed by atoms with Crippen LogP contribution in [0.4, 0.5) is 11.4 Å². The fourth-order valence-corrected chi connectivity index (χ4v) is 2.15. The molecule has 0 spiro atoms. The Morgan fingerprint density at radius 3 is 2.33 bits per heavy atom. The number of carboxylic acids is 1. The highest BCUT2D eigenvalue weighted by molar-refractivity contribution is 9.11. The molecule has 0 unspecified atom stereocenters. The van der Waals surface area contributed by atoms with E-state index in [9.17, 15) is 4.79 Å². The van der Waals surface area contributed by atoms with Crippen LogP contribution in [0.3, 0.4) is 0 Å². The van der Waals surface area contributed by atoms with Crippen LogP contribution in [-0.2, 0) is 0 Å². The minimum absolute atomic E-state index is 0.272. The van der Waals surface area contributed by atoms with Gasteiger partial charge in [0.2, 0.25) is 0 Å². The quantitative estimate of drug-likeness (QED) is 0.826. The van der Waals surface area contributed by atoms with E-state index in [4.69, 9.17) is 5.11 Å². The fraction of sp³-hybridized carbons (Fsp3) is 0. The molecule has 2 rings (SSSR count). The van der Waals surface area contributed by atoms with E-state index < -0.39 is 5.97 Å². The zero-order valence-electron chi connectivity index (χ0n) is 9.15. The summed E-state index contributed by atoms with van der Waals surface area (Å²) in [6.45, 7) is 0. The van der Waals surface area contributed by atoms with Crippen LogP contribution < -0.4 is 5.32 Å². The van der Waals surface area contributed by atoms with Gasteiger partial charge in [-0.1, -0.05) is 15.9 Å². The Labute approximate surface area is 121 Å². The Bertz CT molecular complexity index is 582. The maximum atomic E-state index is 10.7. The van der Waals surface area contributed by atoms with Gasteiger partial charge < -0.3 is 10.4 Å². The summed E-state index contributed by atoms with van der Waals surface area (Å²) < 4.78 is 1.91. The summed E-state index contributed by atoms with van der Waals surface area (Å²) in [6.07, 6.45) is 0. The number of anilines is 2. The zero-order valence-corrected chi connectivity index (χ0v) is 12.3. The number of hydrogen-bond donors (Lipinski definition) is 2. The largest absolute Gasteiger partial charge is 0.478 e. The smallest absolute Gasteiger partial charge is 0.335 e. The van der Waals surface area contributed by atoms with Crippen LogP contribution in [0, 0.1) is 0 Å². The molecular weight excluding hydrogens is 362 g/mol. The molecule has 0 saturated carbocycles. The van der Waals surface area contributed by atoms with Gasteiger partial charge >= 0.3 is 5.97 Å². The van der Waals surface area contributed by atoms with Gasteiger partial charge in [-0.05, 0) is 58.4 Å². The van der Waals surface area contributed by atoms with Crippen LogP contribution >= 0.6 is 31.9 Å². The first-order chi connectivity index (χ1) is 8.56. The molecule has 0 aromatic heterocycles. The lowest BCUT2D eigenvalue weighted by Gasteiger charge is -2.09. The van der Waals surface area contributed by atoms with Gasteiger partial charge in [0, 0.05) is 14.6 Å². The minimum atomic E-state index is -0.926. The van der Waals surface area contributed by atoms with Crippen LogP contribution in [0.25, 0.3) is 0 Å². The highest BCUT2D eigenvalue weighted by Crippen LogP contribution is 2.29. The van der Waals surface area contributed by atoms with Crippen molar-refractivity contribution < 1.29 is 9.90 Å². The second-order valence-electron chi connectivity index (χ2n) is 3.63. The molecule has 2 N–H and O–H groups in total. The average molecular weight is 371 g/mol. The predicted molar refractivity (Wildman–Crippen MR) is 78.5 cm³/mol. The molecule has 0 aliphatic heterocycles. The maximum absolute atomic E-state index is 10.7. The van der Waals surface area contributed by atoms with Crippen molar-refractivity contribution in [2.45, 2.75) is 0 Å². The monoisotopic (exact) mass is 369 g/mol. The zero-order chi connectivity index (χ0) is 13.1. The first-order valence-corrected chi connectivity index (χ1v) is 6.70. The maximum Gasteiger partial charge on any atom is 0.335 e. The van der Waals surface area contributed by atoms with Crippen molar-refractivity contribution in [3.63, 3.8) is 0 Å². The number of carboxylic acid groups (broad SMARTS) is 1. The SMILES string of the molecule is O=C(O)c1ccc(Nc2cc(Br)ccc2Br)cc1. The molecule has 0 aliphatic rings. The van der Waals surface area contributed by atoms with Gasteiger partial charge in [-0.15, -0.1) is 0 Å². The normalized spacial score (nSPS) is 10.1. The first-order valence-electron chi connectivity index (χ1n) is 5.12. The van der Waals surface area contributed by atoms with E-state index in [2.05, 4.69) is 37.2 Å². The molecule has 5 heteroatoms. The molecule has 0 bridgehead atoms. The van der Waals surface area contributed by atoms with E-state index in [0.29, 0.717) is 0 Å². The van der Waals surface area contributed by atoms with Crippen molar-refractivity contribution in [1.29, 1.82) is 0 Å². The minimum Gasteiger partial charge on any atom is -0.478 e. The van der Waals surface area contributed by atoms with Gasteiger partial charge in [-0.3, -0.25) is 0 Å².